The summed E-state index contributed by atoms with van der Waals surface area (Å²) in [4.78, 5) is 15.9. The molecule has 2 aliphatic rings. The molecule has 0 bridgehead atoms. The Balaban J connectivity index is 1.74. The van der Waals surface area contributed by atoms with Gasteiger partial charge in [0.05, 0.1) is 37.2 Å². The van der Waals surface area contributed by atoms with E-state index in [2.05, 4.69) is 10.3 Å². The van der Waals surface area contributed by atoms with Crippen LogP contribution in [0.15, 0.2) is 6.20 Å². The number of carbonyl (C=O) groups excluding carboxylic acids is 1. The van der Waals surface area contributed by atoms with E-state index in [4.69, 9.17) is 4.74 Å². The largest absolute Gasteiger partial charge is 0.370 e. The van der Waals surface area contributed by atoms with E-state index < -0.39 is 0 Å². The molecule has 0 N–H and O–H groups in total. The summed E-state index contributed by atoms with van der Waals surface area (Å²) in [7, 11) is 3.81. The van der Waals surface area contributed by atoms with Crippen molar-refractivity contribution in [2.75, 3.05) is 33.7 Å². The number of likely N-dealkylation sites (N-methyl/N-ethyl adjacent to an activating group) is 1. The maximum atomic E-state index is 12.1. The summed E-state index contributed by atoms with van der Waals surface area (Å²) < 4.78 is 7.75. The van der Waals surface area contributed by atoms with Gasteiger partial charge in [-0.05, 0) is 20.5 Å². The highest BCUT2D eigenvalue weighted by molar-refractivity contribution is 5.78. The average molecular weight is 265 g/mol. The first-order chi connectivity index (χ1) is 9.15. The zero-order valence-electron chi connectivity index (χ0n) is 11.3. The molecule has 0 saturated carbocycles. The predicted molar refractivity (Wildman–Crippen MR) is 67.4 cm³/mol. The highest BCUT2D eigenvalue weighted by Crippen LogP contribution is 2.29. The number of ether oxygens (including phenoxy) is 1. The first-order valence-electron chi connectivity index (χ1n) is 6.58. The minimum absolute atomic E-state index is 0.103. The molecule has 1 aromatic rings. The molecule has 2 atom stereocenters. The molecule has 0 radical (unpaired) electrons. The minimum atomic E-state index is 0.103. The van der Waals surface area contributed by atoms with Gasteiger partial charge in [0.1, 0.15) is 0 Å². The maximum Gasteiger partial charge on any atom is 0.236 e. The van der Waals surface area contributed by atoms with Crippen LogP contribution in [0.3, 0.4) is 0 Å². The van der Waals surface area contributed by atoms with E-state index in [1.54, 1.807) is 6.20 Å². The number of likely N-dealkylation sites (tertiary alicyclic amines) is 1. The summed E-state index contributed by atoms with van der Waals surface area (Å²) in [5, 5.41) is 8.07. The molecule has 7 heteroatoms. The van der Waals surface area contributed by atoms with Crippen LogP contribution in [-0.2, 0) is 16.1 Å². The van der Waals surface area contributed by atoms with E-state index in [0.717, 1.165) is 18.7 Å². The van der Waals surface area contributed by atoms with Gasteiger partial charge in [0.2, 0.25) is 5.91 Å². The van der Waals surface area contributed by atoms with Crippen molar-refractivity contribution in [3.05, 3.63) is 11.9 Å². The van der Waals surface area contributed by atoms with Gasteiger partial charge in [0.15, 0.2) is 0 Å². The Morgan fingerprint density at radius 1 is 1.58 bits per heavy atom. The van der Waals surface area contributed by atoms with E-state index in [0.29, 0.717) is 19.7 Å². The van der Waals surface area contributed by atoms with Crippen molar-refractivity contribution in [3.63, 3.8) is 0 Å². The smallest absolute Gasteiger partial charge is 0.236 e. The second-order valence-corrected chi connectivity index (χ2v) is 5.45. The molecular formula is C12H19N5O2. The van der Waals surface area contributed by atoms with Gasteiger partial charge in [0.25, 0.3) is 0 Å². The Hall–Kier alpha value is -1.47. The summed E-state index contributed by atoms with van der Waals surface area (Å²) in [5.41, 5.74) is 0.989. The van der Waals surface area contributed by atoms with Crippen LogP contribution in [0.2, 0.25) is 0 Å². The number of amides is 1. The van der Waals surface area contributed by atoms with E-state index in [1.807, 2.05) is 28.6 Å². The van der Waals surface area contributed by atoms with Crippen molar-refractivity contribution in [2.45, 2.75) is 25.2 Å². The number of carbonyl (C=O) groups is 1. The van der Waals surface area contributed by atoms with Crippen molar-refractivity contribution in [2.24, 2.45) is 0 Å². The van der Waals surface area contributed by atoms with Gasteiger partial charge in [-0.1, -0.05) is 5.21 Å². The molecule has 7 nitrogen and oxygen atoms in total. The summed E-state index contributed by atoms with van der Waals surface area (Å²) in [6, 6.07) is 0.103. The van der Waals surface area contributed by atoms with Crippen LogP contribution in [0, 0.1) is 0 Å². The highest BCUT2D eigenvalue weighted by Gasteiger charge is 2.37. The van der Waals surface area contributed by atoms with Crippen LogP contribution in [0.5, 0.6) is 0 Å². The number of hydrogen-bond donors (Lipinski definition) is 0. The van der Waals surface area contributed by atoms with E-state index in [1.165, 1.54) is 0 Å². The van der Waals surface area contributed by atoms with Gasteiger partial charge in [0, 0.05) is 13.1 Å². The summed E-state index contributed by atoms with van der Waals surface area (Å²) in [5.74, 6) is 0.163. The fraction of sp³-hybridized carbons (Fsp3) is 0.750. The SMILES string of the molecule is CN(C)CC(=O)N1CC[C@@H]2OCc3cnnn3[C@H]2C1. The first-order valence-corrected chi connectivity index (χ1v) is 6.58. The highest BCUT2D eigenvalue weighted by atomic mass is 16.5. The lowest BCUT2D eigenvalue weighted by atomic mass is 10.0. The molecule has 1 aromatic heterocycles. The number of fused-ring (bicyclic) bond motifs is 3. The zero-order chi connectivity index (χ0) is 13.4. The van der Waals surface area contributed by atoms with Crippen LogP contribution >= 0.6 is 0 Å². The third kappa shape index (κ3) is 2.35. The number of piperidine rings is 1. The third-order valence-electron chi connectivity index (χ3n) is 3.73. The van der Waals surface area contributed by atoms with Crippen molar-refractivity contribution in [1.29, 1.82) is 0 Å². The second-order valence-electron chi connectivity index (χ2n) is 5.45. The molecule has 1 saturated heterocycles. The van der Waals surface area contributed by atoms with Crippen LogP contribution < -0.4 is 0 Å². The zero-order valence-corrected chi connectivity index (χ0v) is 11.3. The monoisotopic (exact) mass is 265 g/mol. The summed E-state index contributed by atoms with van der Waals surface area (Å²) in [6.07, 6.45) is 2.75. The van der Waals surface area contributed by atoms with Gasteiger partial charge in [-0.15, -0.1) is 5.10 Å². The third-order valence-corrected chi connectivity index (χ3v) is 3.73. The number of nitrogens with zero attached hydrogens (tertiary/aromatic N) is 5. The molecule has 0 unspecified atom stereocenters. The normalized spacial score (nSPS) is 26.2. The van der Waals surface area contributed by atoms with Crippen molar-refractivity contribution in [1.82, 2.24) is 24.8 Å². The second kappa shape index (κ2) is 4.90. The summed E-state index contributed by atoms with van der Waals surface area (Å²) in [6.45, 7) is 2.44. The predicted octanol–water partition coefficient (Wildman–Crippen LogP) is -0.488. The molecular weight excluding hydrogens is 246 g/mol. The van der Waals surface area contributed by atoms with Gasteiger partial charge in [-0.3, -0.25) is 4.79 Å². The molecule has 1 fully saturated rings. The minimum Gasteiger partial charge on any atom is -0.370 e. The van der Waals surface area contributed by atoms with E-state index >= 15 is 0 Å². The Labute approximate surface area is 112 Å². The topological polar surface area (TPSA) is 63.5 Å². The molecule has 2 aliphatic heterocycles. The fourth-order valence-electron chi connectivity index (χ4n) is 2.78. The van der Waals surface area contributed by atoms with Gasteiger partial charge in [-0.2, -0.15) is 0 Å². The number of hydrogen-bond acceptors (Lipinski definition) is 5. The first kappa shape index (κ1) is 12.6. The lowest BCUT2D eigenvalue weighted by molar-refractivity contribution is -0.138. The standard InChI is InChI=1S/C12H19N5O2/c1-15(2)7-12(18)16-4-3-11-10(6-16)17-9(8-19-11)5-13-14-17/h5,10-11H,3-4,6-8H2,1-2H3/t10-,11-/m0/s1. The van der Waals surface area contributed by atoms with Crippen LogP contribution in [0.4, 0.5) is 0 Å². The lowest BCUT2D eigenvalue weighted by Gasteiger charge is -2.41. The molecule has 0 aromatic carbocycles. The Bertz CT molecular complexity index is 472. The molecule has 3 heterocycles. The fourth-order valence-corrected chi connectivity index (χ4v) is 2.78. The summed E-state index contributed by atoms with van der Waals surface area (Å²) >= 11 is 0. The Kier molecular flexibility index (Phi) is 3.24. The van der Waals surface area contributed by atoms with Crippen molar-refractivity contribution >= 4 is 5.91 Å². The molecule has 19 heavy (non-hydrogen) atoms. The van der Waals surface area contributed by atoms with Crippen molar-refractivity contribution < 1.29 is 9.53 Å². The van der Waals surface area contributed by atoms with Crippen LogP contribution in [0.25, 0.3) is 0 Å². The number of aromatic nitrogens is 3. The Morgan fingerprint density at radius 3 is 3.21 bits per heavy atom. The van der Waals surface area contributed by atoms with E-state index in [-0.39, 0.29) is 18.1 Å². The molecule has 0 aliphatic carbocycles. The van der Waals surface area contributed by atoms with Crippen LogP contribution in [-0.4, -0.2) is 70.5 Å². The Morgan fingerprint density at radius 2 is 2.42 bits per heavy atom. The average Bonchev–Trinajstić information content (AvgIpc) is 2.85. The molecule has 3 rings (SSSR count). The van der Waals surface area contributed by atoms with E-state index in [9.17, 15) is 4.79 Å². The maximum absolute atomic E-state index is 12.1. The molecule has 1 amide bonds. The molecule has 104 valence electrons. The van der Waals surface area contributed by atoms with Gasteiger partial charge >= 0.3 is 0 Å². The molecule has 0 spiro atoms. The quantitative estimate of drug-likeness (QED) is 0.722. The van der Waals surface area contributed by atoms with Gasteiger partial charge in [-0.25, -0.2) is 4.68 Å². The lowest BCUT2D eigenvalue weighted by Crippen LogP contribution is -2.51. The number of rotatable bonds is 2. The van der Waals surface area contributed by atoms with Crippen molar-refractivity contribution in [3.8, 4) is 0 Å². The van der Waals surface area contributed by atoms with Crippen LogP contribution in [0.1, 0.15) is 18.2 Å². The van der Waals surface area contributed by atoms with Gasteiger partial charge < -0.3 is 14.5 Å².